The molecule has 0 amide bonds. The van der Waals surface area contributed by atoms with E-state index in [1.54, 1.807) is 0 Å². The SMILES string of the molecule is CCCCCC(CCC)Oc1cccc(Cl)c1. The first-order valence-corrected chi connectivity index (χ1v) is 7.06. The summed E-state index contributed by atoms with van der Waals surface area (Å²) in [7, 11) is 0. The molecule has 0 N–H and O–H groups in total. The summed E-state index contributed by atoms with van der Waals surface area (Å²) in [5.41, 5.74) is 0. The second-order valence-corrected chi connectivity index (χ2v) is 4.92. The van der Waals surface area contributed by atoms with Gasteiger partial charge in [-0.25, -0.2) is 0 Å². The summed E-state index contributed by atoms with van der Waals surface area (Å²) in [4.78, 5) is 0. The van der Waals surface area contributed by atoms with E-state index in [-0.39, 0.29) is 0 Å². The van der Waals surface area contributed by atoms with Crippen LogP contribution in [0.4, 0.5) is 0 Å². The standard InChI is InChI=1S/C15H23ClO/c1-3-5-6-10-14(8-4-2)17-15-11-7-9-13(16)12-15/h7,9,11-12,14H,3-6,8,10H2,1-2H3. The minimum Gasteiger partial charge on any atom is -0.490 e. The van der Waals surface area contributed by atoms with Crippen LogP contribution in [0.2, 0.25) is 5.02 Å². The molecule has 1 atom stereocenters. The molecule has 2 heteroatoms. The van der Waals surface area contributed by atoms with Gasteiger partial charge in [-0.2, -0.15) is 0 Å². The van der Waals surface area contributed by atoms with Crippen molar-refractivity contribution in [3.05, 3.63) is 29.3 Å². The van der Waals surface area contributed by atoms with Crippen molar-refractivity contribution in [3.63, 3.8) is 0 Å². The maximum Gasteiger partial charge on any atom is 0.121 e. The third-order valence-electron chi connectivity index (χ3n) is 2.84. The Balaban J connectivity index is 2.47. The maximum atomic E-state index is 6.00. The molecule has 1 aromatic carbocycles. The summed E-state index contributed by atoms with van der Waals surface area (Å²) < 4.78 is 6.00. The van der Waals surface area contributed by atoms with Crippen molar-refractivity contribution >= 4 is 11.6 Å². The fourth-order valence-corrected chi connectivity index (χ4v) is 2.12. The number of unbranched alkanes of at least 4 members (excludes halogenated alkanes) is 2. The average molecular weight is 255 g/mol. The fraction of sp³-hybridized carbons (Fsp3) is 0.600. The van der Waals surface area contributed by atoms with Crippen LogP contribution in [0, 0.1) is 0 Å². The summed E-state index contributed by atoms with van der Waals surface area (Å²) in [5, 5.41) is 0.742. The summed E-state index contributed by atoms with van der Waals surface area (Å²) in [6.07, 6.45) is 7.57. The molecule has 0 heterocycles. The van der Waals surface area contributed by atoms with Gasteiger partial charge >= 0.3 is 0 Å². The van der Waals surface area contributed by atoms with Crippen LogP contribution in [0.1, 0.15) is 52.4 Å². The van der Waals surface area contributed by atoms with Crippen LogP contribution in [0.3, 0.4) is 0 Å². The van der Waals surface area contributed by atoms with E-state index < -0.39 is 0 Å². The first-order chi connectivity index (χ1) is 8.26. The van der Waals surface area contributed by atoms with Crippen molar-refractivity contribution in [2.24, 2.45) is 0 Å². The third kappa shape index (κ3) is 5.97. The van der Waals surface area contributed by atoms with Crippen molar-refractivity contribution in [3.8, 4) is 5.75 Å². The predicted octanol–water partition coefficient (Wildman–Crippen LogP) is 5.47. The van der Waals surface area contributed by atoms with E-state index in [0.29, 0.717) is 6.10 Å². The molecule has 0 fully saturated rings. The van der Waals surface area contributed by atoms with Crippen molar-refractivity contribution in [1.29, 1.82) is 0 Å². The average Bonchev–Trinajstić information content (AvgIpc) is 2.29. The molecule has 1 rings (SSSR count). The summed E-state index contributed by atoms with van der Waals surface area (Å²) in [6.45, 7) is 4.43. The van der Waals surface area contributed by atoms with E-state index in [2.05, 4.69) is 13.8 Å². The van der Waals surface area contributed by atoms with Gasteiger partial charge in [0.2, 0.25) is 0 Å². The van der Waals surface area contributed by atoms with Gasteiger partial charge in [0.15, 0.2) is 0 Å². The van der Waals surface area contributed by atoms with Crippen LogP contribution in [-0.2, 0) is 0 Å². The summed E-state index contributed by atoms with van der Waals surface area (Å²) >= 11 is 5.95. The Morgan fingerprint density at radius 1 is 1.12 bits per heavy atom. The van der Waals surface area contributed by atoms with Crippen LogP contribution in [-0.4, -0.2) is 6.10 Å². The molecular weight excluding hydrogens is 232 g/mol. The number of ether oxygens (including phenoxy) is 1. The first kappa shape index (κ1) is 14.4. The van der Waals surface area contributed by atoms with Crippen LogP contribution in [0.5, 0.6) is 5.75 Å². The number of halogens is 1. The van der Waals surface area contributed by atoms with E-state index in [1.165, 1.54) is 19.3 Å². The van der Waals surface area contributed by atoms with Gasteiger partial charge < -0.3 is 4.74 Å². The van der Waals surface area contributed by atoms with Crippen LogP contribution in [0.25, 0.3) is 0 Å². The van der Waals surface area contributed by atoms with E-state index >= 15 is 0 Å². The predicted molar refractivity (Wildman–Crippen MR) is 74.9 cm³/mol. The molecule has 0 aliphatic heterocycles. The zero-order valence-corrected chi connectivity index (χ0v) is 11.7. The molecule has 1 unspecified atom stereocenters. The van der Waals surface area contributed by atoms with Crippen molar-refractivity contribution in [2.75, 3.05) is 0 Å². The molecule has 0 saturated heterocycles. The topological polar surface area (TPSA) is 9.23 Å². The second kappa shape index (κ2) is 8.41. The van der Waals surface area contributed by atoms with Crippen LogP contribution >= 0.6 is 11.6 Å². The zero-order valence-electron chi connectivity index (χ0n) is 10.9. The van der Waals surface area contributed by atoms with Gasteiger partial charge in [0.05, 0.1) is 6.10 Å². The molecule has 0 radical (unpaired) electrons. The van der Waals surface area contributed by atoms with Crippen LogP contribution in [0.15, 0.2) is 24.3 Å². The Morgan fingerprint density at radius 3 is 2.59 bits per heavy atom. The first-order valence-electron chi connectivity index (χ1n) is 6.68. The smallest absolute Gasteiger partial charge is 0.121 e. The number of hydrogen-bond donors (Lipinski definition) is 0. The molecular formula is C15H23ClO. The molecule has 0 aliphatic carbocycles. The summed E-state index contributed by atoms with van der Waals surface area (Å²) in [6, 6.07) is 7.69. The Kier molecular flexibility index (Phi) is 7.11. The van der Waals surface area contributed by atoms with Crippen molar-refractivity contribution in [1.82, 2.24) is 0 Å². The van der Waals surface area contributed by atoms with Gasteiger partial charge in [-0.15, -0.1) is 0 Å². The van der Waals surface area contributed by atoms with Crippen LogP contribution < -0.4 is 4.74 Å². The Hall–Kier alpha value is -0.690. The van der Waals surface area contributed by atoms with E-state index in [1.807, 2.05) is 24.3 Å². The molecule has 0 bridgehead atoms. The molecule has 0 aromatic heterocycles. The molecule has 0 aliphatic rings. The maximum absolute atomic E-state index is 6.00. The van der Waals surface area contributed by atoms with E-state index in [4.69, 9.17) is 16.3 Å². The number of benzene rings is 1. The minimum absolute atomic E-state index is 0.338. The minimum atomic E-state index is 0.338. The Labute approximate surface area is 110 Å². The molecule has 0 spiro atoms. The lowest BCUT2D eigenvalue weighted by atomic mass is 10.1. The highest BCUT2D eigenvalue weighted by Crippen LogP contribution is 2.21. The van der Waals surface area contributed by atoms with Gasteiger partial charge in [-0.05, 0) is 37.5 Å². The van der Waals surface area contributed by atoms with Gasteiger partial charge in [0.1, 0.15) is 5.75 Å². The van der Waals surface area contributed by atoms with Gasteiger partial charge in [0.25, 0.3) is 0 Å². The van der Waals surface area contributed by atoms with Gasteiger partial charge in [-0.1, -0.05) is 50.8 Å². The quantitative estimate of drug-likeness (QED) is 0.559. The highest BCUT2D eigenvalue weighted by atomic mass is 35.5. The number of hydrogen-bond acceptors (Lipinski definition) is 1. The normalized spacial score (nSPS) is 12.4. The van der Waals surface area contributed by atoms with Gasteiger partial charge in [-0.3, -0.25) is 0 Å². The highest BCUT2D eigenvalue weighted by Gasteiger charge is 2.09. The Bertz CT molecular complexity index is 312. The fourth-order valence-electron chi connectivity index (χ4n) is 1.94. The summed E-state index contributed by atoms with van der Waals surface area (Å²) in [5.74, 6) is 0.896. The third-order valence-corrected chi connectivity index (χ3v) is 3.07. The zero-order chi connectivity index (χ0) is 12.5. The molecule has 96 valence electrons. The lowest BCUT2D eigenvalue weighted by Crippen LogP contribution is -2.16. The van der Waals surface area contributed by atoms with E-state index in [0.717, 1.165) is 30.0 Å². The van der Waals surface area contributed by atoms with Crippen molar-refractivity contribution < 1.29 is 4.74 Å². The lowest BCUT2D eigenvalue weighted by molar-refractivity contribution is 0.176. The van der Waals surface area contributed by atoms with Gasteiger partial charge in [0, 0.05) is 5.02 Å². The largest absolute Gasteiger partial charge is 0.490 e. The molecule has 1 aromatic rings. The molecule has 1 nitrogen and oxygen atoms in total. The lowest BCUT2D eigenvalue weighted by Gasteiger charge is -2.18. The van der Waals surface area contributed by atoms with E-state index in [9.17, 15) is 0 Å². The monoisotopic (exact) mass is 254 g/mol. The molecule has 17 heavy (non-hydrogen) atoms. The number of rotatable bonds is 8. The van der Waals surface area contributed by atoms with Crippen molar-refractivity contribution in [2.45, 2.75) is 58.5 Å². The second-order valence-electron chi connectivity index (χ2n) is 4.48. The molecule has 0 saturated carbocycles. The Morgan fingerprint density at radius 2 is 1.94 bits per heavy atom. The highest BCUT2D eigenvalue weighted by molar-refractivity contribution is 6.30.